The Bertz CT molecular complexity index is 165. The van der Waals surface area contributed by atoms with Crippen LogP contribution in [-0.4, -0.2) is 25.7 Å². The van der Waals surface area contributed by atoms with Gasteiger partial charge >= 0.3 is 0 Å². The first-order valence-electron chi connectivity index (χ1n) is 2.80. The first kappa shape index (κ1) is 9.91. The minimum atomic E-state index is -1.99. The fraction of sp³-hybridized carbons (Fsp3) is 0.800. The van der Waals surface area contributed by atoms with E-state index in [4.69, 9.17) is 0 Å². The maximum Gasteiger partial charge on any atom is 0.0584 e. The Kier molecular flexibility index (Phi) is 5.63. The van der Waals surface area contributed by atoms with Crippen molar-refractivity contribution in [1.29, 1.82) is 0 Å². The summed E-state index contributed by atoms with van der Waals surface area (Å²) in [7, 11) is 0. The van der Waals surface area contributed by atoms with Gasteiger partial charge in [0.15, 0.2) is 0 Å². The van der Waals surface area contributed by atoms with Gasteiger partial charge in [-0.3, -0.25) is 4.21 Å². The third-order valence-corrected chi connectivity index (χ3v) is 2.06. The van der Waals surface area contributed by atoms with Gasteiger partial charge in [-0.05, 0) is 18.6 Å². The Labute approximate surface area is 67.8 Å². The summed E-state index contributed by atoms with van der Waals surface area (Å²) in [6, 6.07) is 0. The molecule has 10 heavy (non-hydrogen) atoms. The highest BCUT2D eigenvalue weighted by Gasteiger charge is 1.98. The molecule has 0 N–H and O–H groups in total. The molecule has 0 amide bonds. The van der Waals surface area contributed by atoms with Crippen molar-refractivity contribution in [3.05, 3.63) is 0 Å². The van der Waals surface area contributed by atoms with Gasteiger partial charge in [0.25, 0.3) is 0 Å². The van der Waals surface area contributed by atoms with E-state index in [0.29, 0.717) is 13.0 Å². The lowest BCUT2D eigenvalue weighted by Gasteiger charge is -2.11. The summed E-state index contributed by atoms with van der Waals surface area (Å²) in [5.41, 5.74) is 0. The van der Waals surface area contributed by atoms with Crippen LogP contribution in [-0.2, 0) is 11.1 Å². The van der Waals surface area contributed by atoms with E-state index in [0.717, 1.165) is 0 Å². The molecule has 0 bridgehead atoms. The number of aliphatic imine (C=N–C) groups is 1. The van der Waals surface area contributed by atoms with Crippen LogP contribution in [0.15, 0.2) is 4.99 Å². The molecule has 0 aromatic carbocycles. The van der Waals surface area contributed by atoms with Crippen LogP contribution in [0, 0.1) is 0 Å². The molecule has 0 heterocycles. The third kappa shape index (κ3) is 4.76. The molecule has 0 aromatic heterocycles. The van der Waals surface area contributed by atoms with E-state index in [9.17, 15) is 8.76 Å². The molecule has 0 saturated heterocycles. The smallest absolute Gasteiger partial charge is 0.0584 e. The highest BCUT2D eigenvalue weighted by atomic mass is 32.2. The van der Waals surface area contributed by atoms with Gasteiger partial charge in [0.2, 0.25) is 0 Å². The Hall–Kier alpha value is -0.0900. The molecule has 5 heteroatoms. The van der Waals surface area contributed by atoms with Crippen molar-refractivity contribution in [3.8, 4) is 0 Å². The molecule has 0 rings (SSSR count). The van der Waals surface area contributed by atoms with Crippen LogP contribution >= 0.6 is 12.2 Å². The monoisotopic (exact) mass is 178 g/mol. The van der Waals surface area contributed by atoms with E-state index in [1.807, 2.05) is 0 Å². The van der Waals surface area contributed by atoms with Gasteiger partial charge < -0.3 is 4.55 Å². The van der Waals surface area contributed by atoms with Crippen LogP contribution in [0.25, 0.3) is 0 Å². The van der Waals surface area contributed by atoms with Crippen LogP contribution < -0.4 is 0 Å². The number of nitrogens with zero attached hydrogens (tertiary/aromatic N) is 1. The molecule has 0 aliphatic heterocycles. The quantitative estimate of drug-likeness (QED) is 0.362. The van der Waals surface area contributed by atoms with E-state index >= 15 is 0 Å². The minimum absolute atomic E-state index is 0.341. The zero-order chi connectivity index (χ0) is 7.98. The van der Waals surface area contributed by atoms with E-state index in [1.54, 1.807) is 6.92 Å². The Morgan fingerprint density at radius 2 is 2.50 bits per heavy atom. The van der Waals surface area contributed by atoms with E-state index in [2.05, 4.69) is 22.4 Å². The lowest BCUT2D eigenvalue weighted by molar-refractivity contribution is 0.521. The van der Waals surface area contributed by atoms with Gasteiger partial charge in [-0.15, -0.1) is 0 Å². The molecule has 58 valence electrons. The maximum absolute atomic E-state index is 10.2. The number of isothiocyanates is 1. The molecule has 0 aromatic rings. The average Bonchev–Trinajstić information content (AvgIpc) is 1.88. The molecule has 3 nitrogen and oxygen atoms in total. The summed E-state index contributed by atoms with van der Waals surface area (Å²) < 4.78 is 20.4. The summed E-state index contributed by atoms with van der Waals surface area (Å²) in [6.07, 6.45) is 0.514. The van der Waals surface area contributed by atoms with Crippen LogP contribution in [0.4, 0.5) is 0 Å². The van der Waals surface area contributed by atoms with E-state index in [1.165, 1.54) is 0 Å². The maximum atomic E-state index is 10.2. The normalized spacial score (nSPS) is 15.4. The molecule has 0 radical (unpaired) electrons. The first-order valence-corrected chi connectivity index (χ1v) is 4.34. The van der Waals surface area contributed by atoms with Crippen LogP contribution in [0.2, 0.25) is 0 Å². The number of rotatable bonds is 4. The van der Waals surface area contributed by atoms with Crippen molar-refractivity contribution in [1.82, 2.24) is 0 Å². The van der Waals surface area contributed by atoms with Crippen molar-refractivity contribution in [2.45, 2.75) is 18.6 Å². The van der Waals surface area contributed by atoms with E-state index < -0.39 is 11.1 Å². The number of hydrogen-bond acceptors (Lipinski definition) is 4. The topological polar surface area (TPSA) is 52.5 Å². The molecule has 0 spiro atoms. The molecule has 0 saturated carbocycles. The van der Waals surface area contributed by atoms with Crippen molar-refractivity contribution in [3.63, 3.8) is 0 Å². The van der Waals surface area contributed by atoms with Crippen molar-refractivity contribution in [2.75, 3.05) is 6.54 Å². The summed E-state index contributed by atoms with van der Waals surface area (Å²) in [6.45, 7) is 2.07. The van der Waals surface area contributed by atoms with Crippen LogP contribution in [0.1, 0.15) is 13.3 Å². The Balaban J connectivity index is 3.48. The predicted molar refractivity (Wildman–Crippen MR) is 42.9 cm³/mol. The lowest BCUT2D eigenvalue weighted by atomic mass is 10.3. The van der Waals surface area contributed by atoms with Crippen LogP contribution in [0.5, 0.6) is 0 Å². The Morgan fingerprint density at radius 1 is 1.90 bits per heavy atom. The average molecular weight is 178 g/mol. The number of thiocarbonyl (C=S) groups is 1. The third-order valence-electron chi connectivity index (χ3n) is 1.04. The molecular formula is C5H8NO2S2-. The second-order valence-electron chi connectivity index (χ2n) is 1.83. The van der Waals surface area contributed by atoms with Crippen molar-refractivity contribution in [2.24, 2.45) is 4.99 Å². The second-order valence-corrected chi connectivity index (χ2v) is 3.34. The second kappa shape index (κ2) is 5.68. The molecule has 0 fully saturated rings. The SMILES string of the molecule is CC(CCN=C=S)S(=O)[O-]. The highest BCUT2D eigenvalue weighted by Crippen LogP contribution is 1.97. The standard InChI is InChI=1S/C5H9NO2S2/c1-5(10(7)8)2-3-6-4-9/h5H,2-3H2,1H3,(H,7,8)/p-1. The van der Waals surface area contributed by atoms with E-state index in [-0.39, 0.29) is 5.25 Å². The first-order chi connectivity index (χ1) is 4.68. The summed E-state index contributed by atoms with van der Waals surface area (Å²) in [5, 5.41) is 1.83. The summed E-state index contributed by atoms with van der Waals surface area (Å²) >= 11 is 2.31. The fourth-order valence-corrected chi connectivity index (χ4v) is 0.777. The number of hydrogen-bond donors (Lipinski definition) is 0. The predicted octanol–water partition coefficient (Wildman–Crippen LogP) is 0.747. The zero-order valence-corrected chi connectivity index (χ0v) is 7.20. The molecule has 2 unspecified atom stereocenters. The lowest BCUT2D eigenvalue weighted by Crippen LogP contribution is -2.10. The van der Waals surface area contributed by atoms with Gasteiger partial charge in [-0.1, -0.05) is 18.0 Å². The molecular weight excluding hydrogens is 170 g/mol. The molecule has 0 aliphatic carbocycles. The summed E-state index contributed by atoms with van der Waals surface area (Å²) in [4.78, 5) is 3.59. The van der Waals surface area contributed by atoms with Gasteiger partial charge in [0, 0.05) is 5.25 Å². The highest BCUT2D eigenvalue weighted by molar-refractivity contribution is 7.79. The molecule has 0 aliphatic rings. The van der Waals surface area contributed by atoms with Gasteiger partial charge in [-0.2, -0.15) is 0 Å². The van der Waals surface area contributed by atoms with Crippen LogP contribution in [0.3, 0.4) is 0 Å². The van der Waals surface area contributed by atoms with Crippen molar-refractivity contribution < 1.29 is 8.76 Å². The minimum Gasteiger partial charge on any atom is -0.772 e. The van der Waals surface area contributed by atoms with Gasteiger partial charge in [0.1, 0.15) is 0 Å². The fourth-order valence-electron chi connectivity index (χ4n) is 0.388. The molecule has 2 atom stereocenters. The van der Waals surface area contributed by atoms with Gasteiger partial charge in [-0.25, -0.2) is 4.99 Å². The van der Waals surface area contributed by atoms with Gasteiger partial charge in [0.05, 0.1) is 11.7 Å². The largest absolute Gasteiger partial charge is 0.772 e. The zero-order valence-electron chi connectivity index (χ0n) is 5.57. The Morgan fingerprint density at radius 3 is 2.90 bits per heavy atom. The summed E-state index contributed by atoms with van der Waals surface area (Å²) in [5.74, 6) is 0. The van der Waals surface area contributed by atoms with Crippen molar-refractivity contribution >= 4 is 28.5 Å².